The number of nitrogens with zero attached hydrogens (tertiary/aromatic N) is 2. The minimum atomic E-state index is -0.313. The van der Waals surface area contributed by atoms with Crippen LogP contribution >= 0.6 is 23.2 Å². The molecule has 0 radical (unpaired) electrons. The summed E-state index contributed by atoms with van der Waals surface area (Å²) >= 11 is 12.7. The molecule has 3 aromatic rings. The van der Waals surface area contributed by atoms with Gasteiger partial charge in [0.2, 0.25) is 5.91 Å². The van der Waals surface area contributed by atoms with Gasteiger partial charge in [0.1, 0.15) is 5.15 Å². The molecule has 1 aromatic heterocycles. The molecule has 0 saturated heterocycles. The molecule has 0 spiro atoms. The van der Waals surface area contributed by atoms with Gasteiger partial charge in [-0.05, 0) is 42.2 Å². The number of hydrogen-bond donors (Lipinski definition) is 2. The molecule has 0 unspecified atom stereocenters. The minimum absolute atomic E-state index is 0.0328. The molecule has 0 saturated carbocycles. The second-order valence-electron chi connectivity index (χ2n) is 8.03. The molecule has 0 aliphatic heterocycles. The van der Waals surface area contributed by atoms with E-state index in [1.165, 1.54) is 0 Å². The van der Waals surface area contributed by atoms with E-state index in [1.807, 2.05) is 56.3 Å². The smallest absolute Gasteiger partial charge is 0.256 e. The lowest BCUT2D eigenvalue weighted by Gasteiger charge is -2.10. The Morgan fingerprint density at radius 2 is 1.84 bits per heavy atom. The van der Waals surface area contributed by atoms with Crippen LogP contribution in [0, 0.1) is 12.8 Å². The van der Waals surface area contributed by atoms with Gasteiger partial charge in [-0.1, -0.05) is 67.4 Å². The second-order valence-corrected chi connectivity index (χ2v) is 8.79. The van der Waals surface area contributed by atoms with E-state index >= 15 is 0 Å². The highest BCUT2D eigenvalue weighted by Crippen LogP contribution is 2.23. The molecule has 3 rings (SSSR count). The molecule has 0 atom stereocenters. The first-order valence-electron chi connectivity index (χ1n) is 10.4. The van der Waals surface area contributed by atoms with Crippen LogP contribution in [0.5, 0.6) is 0 Å². The predicted molar refractivity (Wildman–Crippen MR) is 128 cm³/mol. The molecule has 0 aliphatic carbocycles. The van der Waals surface area contributed by atoms with Crippen LogP contribution in [0.15, 0.2) is 48.5 Å². The Morgan fingerprint density at radius 3 is 2.56 bits per heavy atom. The first-order chi connectivity index (χ1) is 15.2. The number of carbonyl (C=O) groups is 2. The highest BCUT2D eigenvalue weighted by atomic mass is 35.5. The first kappa shape index (κ1) is 23.8. The van der Waals surface area contributed by atoms with Crippen LogP contribution in [0.1, 0.15) is 47.4 Å². The number of benzene rings is 2. The summed E-state index contributed by atoms with van der Waals surface area (Å²) in [6.07, 6.45) is 0.455. The summed E-state index contributed by atoms with van der Waals surface area (Å²) in [7, 11) is 0. The van der Waals surface area contributed by atoms with Crippen molar-refractivity contribution in [2.75, 3.05) is 5.32 Å². The molecule has 168 valence electrons. The Kier molecular flexibility index (Phi) is 7.94. The van der Waals surface area contributed by atoms with E-state index in [9.17, 15) is 9.59 Å². The Bertz CT molecular complexity index is 1120. The molecule has 6 nitrogen and oxygen atoms in total. The standard InChI is InChI=1S/C24H26Cl2N4O2/c1-15(2)11-21(31)28-19-9-6-7-17(12-19)13-27-24(32)22-16(3)29-30(23(22)26)14-18-8-4-5-10-20(18)25/h4-10,12,15H,11,13-14H2,1-3H3,(H,27,32)(H,28,31). The lowest BCUT2D eigenvalue weighted by molar-refractivity contribution is -0.116. The SMILES string of the molecule is Cc1nn(Cc2ccccc2Cl)c(Cl)c1C(=O)NCc1cccc(NC(=O)CC(C)C)c1. The summed E-state index contributed by atoms with van der Waals surface area (Å²) in [4.78, 5) is 24.8. The van der Waals surface area contributed by atoms with Crippen LogP contribution in [-0.2, 0) is 17.9 Å². The summed E-state index contributed by atoms with van der Waals surface area (Å²) in [5, 5.41) is 11.1. The van der Waals surface area contributed by atoms with Crippen molar-refractivity contribution >= 4 is 40.7 Å². The van der Waals surface area contributed by atoms with Crippen molar-refractivity contribution < 1.29 is 9.59 Å². The molecule has 1 heterocycles. The Hall–Kier alpha value is -2.83. The highest BCUT2D eigenvalue weighted by molar-refractivity contribution is 6.33. The van der Waals surface area contributed by atoms with Crippen molar-refractivity contribution in [2.45, 2.75) is 40.3 Å². The normalized spacial score (nSPS) is 10.9. The maximum absolute atomic E-state index is 12.8. The van der Waals surface area contributed by atoms with Crippen LogP contribution in [0.3, 0.4) is 0 Å². The number of hydrogen-bond acceptors (Lipinski definition) is 3. The van der Waals surface area contributed by atoms with Crippen molar-refractivity contribution in [3.63, 3.8) is 0 Å². The van der Waals surface area contributed by atoms with Crippen LogP contribution in [0.4, 0.5) is 5.69 Å². The minimum Gasteiger partial charge on any atom is -0.348 e. The van der Waals surface area contributed by atoms with E-state index in [0.717, 1.165) is 11.1 Å². The van der Waals surface area contributed by atoms with E-state index < -0.39 is 0 Å². The number of aromatic nitrogens is 2. The second kappa shape index (κ2) is 10.7. The Labute approximate surface area is 197 Å². The fourth-order valence-electron chi connectivity index (χ4n) is 3.32. The third-order valence-corrected chi connectivity index (χ3v) is 5.58. The van der Waals surface area contributed by atoms with Crippen LogP contribution in [-0.4, -0.2) is 21.6 Å². The first-order valence-corrected chi connectivity index (χ1v) is 11.1. The zero-order valence-corrected chi connectivity index (χ0v) is 19.8. The summed E-state index contributed by atoms with van der Waals surface area (Å²) in [6, 6.07) is 14.8. The average molecular weight is 473 g/mol. The number of halogens is 2. The van der Waals surface area contributed by atoms with Crippen molar-refractivity contribution in [1.29, 1.82) is 0 Å². The highest BCUT2D eigenvalue weighted by Gasteiger charge is 2.20. The zero-order chi connectivity index (χ0) is 23.3. The quantitative estimate of drug-likeness (QED) is 0.456. The number of anilines is 1. The molecule has 0 aliphatic rings. The van der Waals surface area contributed by atoms with Gasteiger partial charge in [-0.25, -0.2) is 4.68 Å². The van der Waals surface area contributed by atoms with E-state index in [0.29, 0.717) is 34.9 Å². The average Bonchev–Trinajstić information content (AvgIpc) is 3.00. The van der Waals surface area contributed by atoms with Gasteiger partial charge in [0.15, 0.2) is 0 Å². The largest absolute Gasteiger partial charge is 0.348 e. The van der Waals surface area contributed by atoms with Gasteiger partial charge in [-0.15, -0.1) is 0 Å². The molecule has 0 bridgehead atoms. The fourth-order valence-corrected chi connectivity index (χ4v) is 3.83. The van der Waals surface area contributed by atoms with Gasteiger partial charge in [0, 0.05) is 23.7 Å². The van der Waals surface area contributed by atoms with Crippen LogP contribution in [0.25, 0.3) is 0 Å². The molecule has 0 fully saturated rings. The van der Waals surface area contributed by atoms with Gasteiger partial charge in [-0.2, -0.15) is 5.10 Å². The monoisotopic (exact) mass is 472 g/mol. The molecular formula is C24H26Cl2N4O2. The topological polar surface area (TPSA) is 76.0 Å². The van der Waals surface area contributed by atoms with Crippen LogP contribution < -0.4 is 10.6 Å². The summed E-state index contributed by atoms with van der Waals surface area (Å²) in [6.45, 7) is 6.39. The maximum Gasteiger partial charge on any atom is 0.256 e. The molecular weight excluding hydrogens is 447 g/mol. The number of nitrogens with one attached hydrogen (secondary N) is 2. The fraction of sp³-hybridized carbons (Fsp3) is 0.292. The number of aryl methyl sites for hydroxylation is 1. The van der Waals surface area contributed by atoms with Crippen molar-refractivity contribution in [3.05, 3.63) is 81.1 Å². The maximum atomic E-state index is 12.8. The predicted octanol–water partition coefficient (Wildman–Crippen LogP) is 5.46. The summed E-state index contributed by atoms with van der Waals surface area (Å²) in [5.41, 5.74) is 3.29. The van der Waals surface area contributed by atoms with Crippen molar-refractivity contribution in [2.24, 2.45) is 5.92 Å². The van der Waals surface area contributed by atoms with Gasteiger partial charge in [-0.3, -0.25) is 9.59 Å². The van der Waals surface area contributed by atoms with Crippen LogP contribution in [0.2, 0.25) is 10.2 Å². The van der Waals surface area contributed by atoms with E-state index in [-0.39, 0.29) is 29.4 Å². The Morgan fingerprint density at radius 1 is 1.09 bits per heavy atom. The molecule has 2 N–H and O–H groups in total. The Balaban J connectivity index is 1.67. The number of amides is 2. The lowest BCUT2D eigenvalue weighted by Crippen LogP contribution is -2.23. The molecule has 2 aromatic carbocycles. The number of carbonyl (C=O) groups excluding carboxylic acids is 2. The van der Waals surface area contributed by atoms with E-state index in [1.54, 1.807) is 17.7 Å². The van der Waals surface area contributed by atoms with Gasteiger partial charge in [0.25, 0.3) is 5.91 Å². The van der Waals surface area contributed by atoms with E-state index in [4.69, 9.17) is 23.2 Å². The third-order valence-electron chi connectivity index (χ3n) is 4.83. The summed E-state index contributed by atoms with van der Waals surface area (Å²) in [5.74, 6) is -0.0639. The van der Waals surface area contributed by atoms with Gasteiger partial charge in [0.05, 0.1) is 17.8 Å². The molecule has 2 amide bonds. The van der Waals surface area contributed by atoms with Gasteiger partial charge < -0.3 is 10.6 Å². The molecule has 32 heavy (non-hydrogen) atoms. The lowest BCUT2D eigenvalue weighted by atomic mass is 10.1. The zero-order valence-electron chi connectivity index (χ0n) is 18.3. The van der Waals surface area contributed by atoms with E-state index in [2.05, 4.69) is 15.7 Å². The van der Waals surface area contributed by atoms with Crippen molar-refractivity contribution in [1.82, 2.24) is 15.1 Å². The number of rotatable bonds is 8. The summed E-state index contributed by atoms with van der Waals surface area (Å²) < 4.78 is 1.57. The van der Waals surface area contributed by atoms with Gasteiger partial charge >= 0.3 is 0 Å². The third kappa shape index (κ3) is 6.11. The molecule has 8 heteroatoms. The van der Waals surface area contributed by atoms with Crippen molar-refractivity contribution in [3.8, 4) is 0 Å².